The second-order valence-corrected chi connectivity index (χ2v) is 4.41. The lowest BCUT2D eigenvalue weighted by atomic mass is 9.76. The van der Waals surface area contributed by atoms with Crippen LogP contribution in [0.15, 0.2) is 18.2 Å². The number of hydrogen-bond acceptors (Lipinski definition) is 2. The molecule has 1 fully saturated rings. The molecule has 2 rings (SSSR count). The third-order valence-corrected chi connectivity index (χ3v) is 3.36. The van der Waals surface area contributed by atoms with Crippen LogP contribution in [0.5, 0.6) is 0 Å². The van der Waals surface area contributed by atoms with Crippen LogP contribution in [0.1, 0.15) is 18.4 Å². The summed E-state index contributed by atoms with van der Waals surface area (Å²) in [4.78, 5) is 11.4. The number of hydrogen-bond donors (Lipinski definition) is 2. The third kappa shape index (κ3) is 1.91. The Labute approximate surface area is 97.2 Å². The molecule has 1 saturated carbocycles. The lowest BCUT2D eigenvalue weighted by Gasteiger charge is -2.28. The first kappa shape index (κ1) is 12.0. The predicted octanol–water partition coefficient (Wildman–Crippen LogP) is 1.66. The summed E-state index contributed by atoms with van der Waals surface area (Å²) in [6, 6.07) is 2.84. The second kappa shape index (κ2) is 4.07. The van der Waals surface area contributed by atoms with Crippen LogP contribution in [-0.4, -0.2) is 17.6 Å². The first-order valence-corrected chi connectivity index (χ1v) is 5.40. The Balaban J connectivity index is 2.55. The minimum atomic E-state index is -1.36. The van der Waals surface area contributed by atoms with Crippen molar-refractivity contribution in [2.24, 2.45) is 11.7 Å². The van der Waals surface area contributed by atoms with Gasteiger partial charge in [-0.25, -0.2) is 8.78 Å². The van der Waals surface area contributed by atoms with Crippen molar-refractivity contribution in [3.05, 3.63) is 35.4 Å². The van der Waals surface area contributed by atoms with Crippen molar-refractivity contribution in [3.63, 3.8) is 0 Å². The van der Waals surface area contributed by atoms with E-state index in [0.29, 0.717) is 0 Å². The molecule has 17 heavy (non-hydrogen) atoms. The van der Waals surface area contributed by atoms with Gasteiger partial charge in [0.2, 0.25) is 0 Å². The smallest absolute Gasteiger partial charge is 0.315 e. The Morgan fingerprint density at radius 1 is 1.35 bits per heavy atom. The van der Waals surface area contributed by atoms with Crippen molar-refractivity contribution < 1.29 is 18.7 Å². The van der Waals surface area contributed by atoms with Crippen molar-refractivity contribution in [2.45, 2.75) is 18.3 Å². The van der Waals surface area contributed by atoms with E-state index in [1.54, 1.807) is 0 Å². The van der Waals surface area contributed by atoms with Gasteiger partial charge in [0.25, 0.3) is 0 Å². The topological polar surface area (TPSA) is 63.3 Å². The average molecular weight is 241 g/mol. The highest BCUT2D eigenvalue weighted by molar-refractivity contribution is 5.82. The van der Waals surface area contributed by atoms with Gasteiger partial charge >= 0.3 is 5.97 Å². The largest absolute Gasteiger partial charge is 0.481 e. The van der Waals surface area contributed by atoms with Crippen LogP contribution in [0.3, 0.4) is 0 Å². The van der Waals surface area contributed by atoms with Crippen LogP contribution >= 0.6 is 0 Å². The molecular weight excluding hydrogens is 228 g/mol. The maximum absolute atomic E-state index is 13.2. The molecule has 0 heterocycles. The summed E-state index contributed by atoms with van der Waals surface area (Å²) in [5, 5.41) is 9.34. The number of benzene rings is 1. The molecule has 3 nitrogen and oxygen atoms in total. The van der Waals surface area contributed by atoms with Crippen molar-refractivity contribution in [2.75, 3.05) is 6.54 Å². The van der Waals surface area contributed by atoms with Crippen LogP contribution in [0, 0.1) is 17.6 Å². The highest BCUT2D eigenvalue weighted by Crippen LogP contribution is 2.47. The van der Waals surface area contributed by atoms with E-state index >= 15 is 0 Å². The van der Waals surface area contributed by atoms with E-state index in [1.807, 2.05) is 0 Å². The number of nitrogens with two attached hydrogens (primary N) is 1. The Morgan fingerprint density at radius 3 is 2.24 bits per heavy atom. The Hall–Kier alpha value is -1.49. The molecule has 1 aliphatic carbocycles. The molecule has 0 radical (unpaired) electrons. The second-order valence-electron chi connectivity index (χ2n) is 4.41. The van der Waals surface area contributed by atoms with Gasteiger partial charge in [-0.2, -0.15) is 0 Å². The molecule has 1 atom stereocenters. The van der Waals surface area contributed by atoms with Crippen molar-refractivity contribution in [1.82, 2.24) is 0 Å². The lowest BCUT2D eigenvalue weighted by molar-refractivity contribution is -0.144. The molecule has 1 unspecified atom stereocenters. The van der Waals surface area contributed by atoms with Gasteiger partial charge in [0, 0.05) is 12.6 Å². The zero-order chi connectivity index (χ0) is 12.6. The van der Waals surface area contributed by atoms with Gasteiger partial charge in [0.15, 0.2) is 0 Å². The number of halogens is 2. The molecule has 0 bridgehead atoms. The van der Waals surface area contributed by atoms with Gasteiger partial charge in [0.05, 0.1) is 0 Å². The van der Waals surface area contributed by atoms with Crippen molar-refractivity contribution in [1.29, 1.82) is 0 Å². The fraction of sp³-hybridized carbons (Fsp3) is 0.417. The lowest BCUT2D eigenvalue weighted by Crippen LogP contribution is -2.45. The fourth-order valence-corrected chi connectivity index (χ4v) is 2.29. The summed E-state index contributed by atoms with van der Waals surface area (Å²) in [7, 11) is 0. The van der Waals surface area contributed by atoms with E-state index in [0.717, 1.165) is 31.0 Å². The standard InChI is InChI=1S/C12H13F2NO2/c13-9-3-8(4-10(14)5-9)12(6-15,11(16)17)7-1-2-7/h3-5,7H,1-2,6,15H2,(H,16,17). The minimum Gasteiger partial charge on any atom is -0.481 e. The summed E-state index contributed by atoms with van der Waals surface area (Å²) in [6.45, 7) is -0.157. The molecule has 1 aromatic rings. The van der Waals surface area contributed by atoms with Gasteiger partial charge in [-0.15, -0.1) is 0 Å². The van der Waals surface area contributed by atoms with Gasteiger partial charge in [-0.3, -0.25) is 4.79 Å². The molecule has 0 amide bonds. The molecule has 5 heteroatoms. The van der Waals surface area contributed by atoms with Crippen LogP contribution < -0.4 is 5.73 Å². The molecule has 0 aromatic heterocycles. The third-order valence-electron chi connectivity index (χ3n) is 3.36. The summed E-state index contributed by atoms with van der Waals surface area (Å²) in [5.74, 6) is -2.81. The Morgan fingerprint density at radius 2 is 1.88 bits per heavy atom. The molecule has 3 N–H and O–H groups in total. The van der Waals surface area contributed by atoms with E-state index in [1.165, 1.54) is 0 Å². The quantitative estimate of drug-likeness (QED) is 0.842. The van der Waals surface area contributed by atoms with E-state index in [4.69, 9.17) is 5.73 Å². The Kier molecular flexibility index (Phi) is 2.87. The summed E-state index contributed by atoms with van der Waals surface area (Å²) in [6.07, 6.45) is 1.45. The minimum absolute atomic E-state index is 0.118. The van der Waals surface area contributed by atoms with E-state index < -0.39 is 23.0 Å². The van der Waals surface area contributed by atoms with Crippen molar-refractivity contribution >= 4 is 5.97 Å². The maximum atomic E-state index is 13.2. The van der Waals surface area contributed by atoms with E-state index in [2.05, 4.69) is 0 Å². The molecule has 1 aromatic carbocycles. The van der Waals surface area contributed by atoms with Gasteiger partial charge < -0.3 is 10.8 Å². The van der Waals surface area contributed by atoms with Crippen molar-refractivity contribution in [3.8, 4) is 0 Å². The van der Waals surface area contributed by atoms with E-state index in [9.17, 15) is 18.7 Å². The van der Waals surface area contributed by atoms with Crippen LogP contribution in [0.4, 0.5) is 8.78 Å². The summed E-state index contributed by atoms with van der Waals surface area (Å²) >= 11 is 0. The van der Waals surface area contributed by atoms with Crippen LogP contribution in [0.25, 0.3) is 0 Å². The van der Waals surface area contributed by atoms with Gasteiger partial charge in [0.1, 0.15) is 17.0 Å². The zero-order valence-corrected chi connectivity index (χ0v) is 9.12. The molecule has 92 valence electrons. The summed E-state index contributed by atoms with van der Waals surface area (Å²) in [5.41, 5.74) is 4.32. The number of carbonyl (C=O) groups is 1. The highest BCUT2D eigenvalue weighted by atomic mass is 19.1. The van der Waals surface area contributed by atoms with Gasteiger partial charge in [-0.1, -0.05) is 0 Å². The Bertz CT molecular complexity index is 440. The molecule has 1 aliphatic rings. The highest BCUT2D eigenvalue weighted by Gasteiger charge is 2.51. The number of rotatable bonds is 4. The maximum Gasteiger partial charge on any atom is 0.315 e. The number of aliphatic carboxylic acids is 1. The first-order chi connectivity index (χ1) is 8.00. The molecule has 0 spiro atoms. The first-order valence-electron chi connectivity index (χ1n) is 5.40. The molecular formula is C12H13F2NO2. The zero-order valence-electron chi connectivity index (χ0n) is 9.12. The average Bonchev–Trinajstić information content (AvgIpc) is 3.02. The predicted molar refractivity (Wildman–Crippen MR) is 57.5 cm³/mol. The molecule has 0 saturated heterocycles. The van der Waals surface area contributed by atoms with E-state index in [-0.39, 0.29) is 18.0 Å². The number of carboxylic acids is 1. The normalized spacial score (nSPS) is 18.8. The molecule has 0 aliphatic heterocycles. The van der Waals surface area contributed by atoms with Gasteiger partial charge in [-0.05, 0) is 36.5 Å². The number of carboxylic acid groups (broad SMARTS) is 1. The van der Waals surface area contributed by atoms with Crippen LogP contribution in [-0.2, 0) is 10.2 Å². The fourth-order valence-electron chi connectivity index (χ4n) is 2.29. The SMILES string of the molecule is NCC(C(=O)O)(c1cc(F)cc(F)c1)C1CC1. The monoisotopic (exact) mass is 241 g/mol. The van der Waals surface area contributed by atoms with Crippen LogP contribution in [0.2, 0.25) is 0 Å². The summed E-state index contributed by atoms with van der Waals surface area (Å²) < 4.78 is 26.3.